The van der Waals surface area contributed by atoms with Crippen LogP contribution in [-0.4, -0.2) is 41.4 Å². The van der Waals surface area contributed by atoms with E-state index >= 15 is 0 Å². The molecule has 2 aromatic rings. The highest BCUT2D eigenvalue weighted by Gasteiger charge is 2.29. The molecule has 5 nitrogen and oxygen atoms in total. The number of benzene rings is 2. The Morgan fingerprint density at radius 1 is 1.22 bits per heavy atom. The monoisotopic (exact) mass is 365 g/mol. The first kappa shape index (κ1) is 18.7. The summed E-state index contributed by atoms with van der Waals surface area (Å²) in [5.41, 5.74) is 1.36. The fourth-order valence-corrected chi connectivity index (χ4v) is 3.44. The number of ether oxygens (including phenoxy) is 1. The van der Waals surface area contributed by atoms with Crippen molar-refractivity contribution >= 4 is 18.3 Å². The largest absolute Gasteiger partial charge is 0.507 e. The van der Waals surface area contributed by atoms with Gasteiger partial charge < -0.3 is 14.7 Å². The maximum Gasteiger partial charge on any atom is 0.254 e. The van der Waals surface area contributed by atoms with Crippen LogP contribution in [0.15, 0.2) is 49.0 Å². The van der Waals surface area contributed by atoms with Crippen molar-refractivity contribution in [1.82, 2.24) is 4.90 Å². The van der Waals surface area contributed by atoms with Gasteiger partial charge in [-0.3, -0.25) is 9.59 Å². The van der Waals surface area contributed by atoms with Crippen LogP contribution in [0.3, 0.4) is 0 Å². The van der Waals surface area contributed by atoms with Crippen LogP contribution in [0.4, 0.5) is 0 Å². The Bertz CT molecular complexity index is 846. The van der Waals surface area contributed by atoms with Crippen LogP contribution in [-0.2, 0) is 0 Å². The van der Waals surface area contributed by atoms with E-state index in [-0.39, 0.29) is 17.7 Å². The van der Waals surface area contributed by atoms with Crippen LogP contribution in [0.25, 0.3) is 6.08 Å². The first-order valence-electron chi connectivity index (χ1n) is 9.08. The Morgan fingerprint density at radius 3 is 2.81 bits per heavy atom. The molecule has 2 aromatic carbocycles. The van der Waals surface area contributed by atoms with Gasteiger partial charge in [0.25, 0.3) is 5.91 Å². The van der Waals surface area contributed by atoms with Gasteiger partial charge in [-0.15, -0.1) is 0 Å². The van der Waals surface area contributed by atoms with Gasteiger partial charge in [0, 0.05) is 12.1 Å². The number of piperidine rings is 1. The van der Waals surface area contributed by atoms with Crippen molar-refractivity contribution in [1.29, 1.82) is 0 Å². The van der Waals surface area contributed by atoms with Crippen molar-refractivity contribution < 1.29 is 19.4 Å². The van der Waals surface area contributed by atoms with Crippen LogP contribution in [0.5, 0.6) is 11.5 Å². The number of amides is 1. The predicted molar refractivity (Wildman–Crippen MR) is 104 cm³/mol. The molecular weight excluding hydrogens is 342 g/mol. The highest BCUT2D eigenvalue weighted by molar-refractivity contribution is 6.01. The number of aromatic hydroxyl groups is 1. The summed E-state index contributed by atoms with van der Waals surface area (Å²) >= 11 is 0. The fraction of sp³-hybridized carbons (Fsp3) is 0.273. The summed E-state index contributed by atoms with van der Waals surface area (Å²) in [5.74, 6) is 0.501. The number of hydrogen-bond donors (Lipinski definition) is 1. The van der Waals surface area contributed by atoms with Crippen LogP contribution < -0.4 is 4.74 Å². The molecule has 27 heavy (non-hydrogen) atoms. The third kappa shape index (κ3) is 4.03. The Kier molecular flexibility index (Phi) is 5.91. The predicted octanol–water partition coefficient (Wildman–Crippen LogP) is 3.92. The Labute approximate surface area is 158 Å². The van der Waals surface area contributed by atoms with Gasteiger partial charge in [-0.2, -0.15) is 0 Å². The highest BCUT2D eigenvalue weighted by Crippen LogP contribution is 2.29. The van der Waals surface area contributed by atoms with Crippen molar-refractivity contribution in [3.05, 3.63) is 65.7 Å². The maximum absolute atomic E-state index is 13.0. The molecule has 1 N–H and O–H groups in total. The molecule has 3 rings (SSSR count). The SMILES string of the molecule is C=Cc1c(O)cccc1OC[C@H]1CCCCN1C(=O)c1ccccc1C=O. The molecule has 0 unspecified atom stereocenters. The minimum atomic E-state index is -0.147. The molecule has 5 heteroatoms. The number of likely N-dealkylation sites (tertiary alicyclic amines) is 1. The smallest absolute Gasteiger partial charge is 0.254 e. The zero-order chi connectivity index (χ0) is 19.2. The second kappa shape index (κ2) is 8.54. The van der Waals surface area contributed by atoms with Gasteiger partial charge in [0.15, 0.2) is 6.29 Å². The number of rotatable bonds is 6. The Hall–Kier alpha value is -3.08. The van der Waals surface area contributed by atoms with Gasteiger partial charge in [0.1, 0.15) is 18.1 Å². The number of carbonyl (C=O) groups excluding carboxylic acids is 2. The van der Waals surface area contributed by atoms with E-state index in [1.807, 2.05) is 0 Å². The van der Waals surface area contributed by atoms with Crippen molar-refractivity contribution in [2.45, 2.75) is 25.3 Å². The summed E-state index contributed by atoms with van der Waals surface area (Å²) in [6, 6.07) is 11.8. The van der Waals surface area contributed by atoms with Crippen LogP contribution >= 0.6 is 0 Å². The van der Waals surface area contributed by atoms with E-state index in [2.05, 4.69) is 6.58 Å². The lowest BCUT2D eigenvalue weighted by Gasteiger charge is -2.36. The summed E-state index contributed by atoms with van der Waals surface area (Å²) in [4.78, 5) is 26.1. The second-order valence-corrected chi connectivity index (χ2v) is 6.56. The average Bonchev–Trinajstić information content (AvgIpc) is 2.72. The van der Waals surface area contributed by atoms with Gasteiger partial charge in [-0.25, -0.2) is 0 Å². The number of aldehydes is 1. The lowest BCUT2D eigenvalue weighted by Crippen LogP contribution is -2.47. The molecule has 0 spiro atoms. The molecule has 1 atom stereocenters. The quantitative estimate of drug-likeness (QED) is 0.788. The molecule has 1 aliphatic rings. The number of hydrogen-bond acceptors (Lipinski definition) is 4. The second-order valence-electron chi connectivity index (χ2n) is 6.56. The van der Waals surface area contributed by atoms with Gasteiger partial charge >= 0.3 is 0 Å². The molecular formula is C22H23NO4. The zero-order valence-corrected chi connectivity index (χ0v) is 15.1. The van der Waals surface area contributed by atoms with E-state index in [4.69, 9.17) is 4.74 Å². The zero-order valence-electron chi connectivity index (χ0n) is 15.1. The summed E-state index contributed by atoms with van der Waals surface area (Å²) in [7, 11) is 0. The van der Waals surface area contributed by atoms with E-state index in [1.165, 1.54) is 0 Å². The first-order chi connectivity index (χ1) is 13.2. The van der Waals surface area contributed by atoms with E-state index in [1.54, 1.807) is 53.4 Å². The standard InChI is InChI=1S/C22H23NO4/c1-2-18-20(25)11-7-12-21(18)27-15-17-9-5-6-13-23(17)22(26)19-10-4-3-8-16(19)14-24/h2-4,7-8,10-12,14,17,25H,1,5-6,9,13,15H2/t17-/m1/s1. The molecule has 1 heterocycles. The minimum Gasteiger partial charge on any atom is -0.507 e. The van der Waals surface area contributed by atoms with Crippen LogP contribution in [0.1, 0.15) is 45.5 Å². The van der Waals surface area contributed by atoms with Crippen molar-refractivity contribution in [3.63, 3.8) is 0 Å². The lowest BCUT2D eigenvalue weighted by molar-refractivity contribution is 0.0526. The molecule has 0 aromatic heterocycles. The maximum atomic E-state index is 13.0. The van der Waals surface area contributed by atoms with E-state index < -0.39 is 0 Å². The summed E-state index contributed by atoms with van der Waals surface area (Å²) in [5, 5.41) is 9.93. The molecule has 0 aliphatic carbocycles. The number of nitrogens with zero attached hydrogens (tertiary/aromatic N) is 1. The van der Waals surface area contributed by atoms with E-state index in [0.717, 1.165) is 19.3 Å². The van der Waals surface area contributed by atoms with Gasteiger partial charge in [0.2, 0.25) is 0 Å². The van der Waals surface area contributed by atoms with Gasteiger partial charge in [-0.05, 0) is 37.5 Å². The van der Waals surface area contributed by atoms with E-state index in [9.17, 15) is 14.7 Å². The third-order valence-corrected chi connectivity index (χ3v) is 4.88. The van der Waals surface area contributed by atoms with Crippen molar-refractivity contribution in [2.75, 3.05) is 13.2 Å². The van der Waals surface area contributed by atoms with Gasteiger partial charge in [-0.1, -0.05) is 36.9 Å². The summed E-state index contributed by atoms with van der Waals surface area (Å²) in [6.45, 7) is 4.66. The molecule has 1 amide bonds. The molecule has 1 saturated heterocycles. The molecule has 1 fully saturated rings. The van der Waals surface area contributed by atoms with Crippen LogP contribution in [0, 0.1) is 0 Å². The molecule has 0 radical (unpaired) electrons. The number of phenolic OH excluding ortho intramolecular Hbond substituents is 1. The minimum absolute atomic E-state index is 0.0917. The molecule has 140 valence electrons. The van der Waals surface area contributed by atoms with Crippen molar-refractivity contribution in [2.24, 2.45) is 0 Å². The fourth-order valence-electron chi connectivity index (χ4n) is 3.44. The van der Waals surface area contributed by atoms with Crippen molar-refractivity contribution in [3.8, 4) is 11.5 Å². The lowest BCUT2D eigenvalue weighted by atomic mass is 10.00. The highest BCUT2D eigenvalue weighted by atomic mass is 16.5. The first-order valence-corrected chi connectivity index (χ1v) is 9.08. The normalized spacial score (nSPS) is 16.6. The topological polar surface area (TPSA) is 66.8 Å². The van der Waals surface area contributed by atoms with Crippen LogP contribution in [0.2, 0.25) is 0 Å². The van der Waals surface area contributed by atoms with Gasteiger partial charge in [0.05, 0.1) is 17.2 Å². The third-order valence-electron chi connectivity index (χ3n) is 4.88. The number of carbonyl (C=O) groups is 2. The molecule has 0 bridgehead atoms. The number of phenols is 1. The molecule has 1 aliphatic heterocycles. The van der Waals surface area contributed by atoms with E-state index in [0.29, 0.717) is 41.9 Å². The summed E-state index contributed by atoms with van der Waals surface area (Å²) < 4.78 is 5.93. The Morgan fingerprint density at radius 2 is 2.04 bits per heavy atom. The molecule has 0 saturated carbocycles. The summed E-state index contributed by atoms with van der Waals surface area (Å²) in [6.07, 6.45) is 5.04. The Balaban J connectivity index is 1.78. The average molecular weight is 365 g/mol.